The molecule has 0 aliphatic rings. The van der Waals surface area contributed by atoms with E-state index >= 15 is 0 Å². The first-order valence-corrected chi connectivity index (χ1v) is 0.730. The van der Waals surface area contributed by atoms with E-state index in [4.69, 9.17) is 15.4 Å². The van der Waals surface area contributed by atoms with Gasteiger partial charge in [0.15, 0.2) is 17.4 Å². The zero-order valence-corrected chi connectivity index (χ0v) is 2.12. The molecular formula is H6AlMgNO4. The SMILES string of the molecule is O=[N+]([O-])OO.[AlH3].[MgH2]. The molecule has 0 aliphatic carbocycles. The molecule has 5 nitrogen and oxygen atoms in total. The summed E-state index contributed by atoms with van der Waals surface area (Å²) < 4.78 is 0. The van der Waals surface area contributed by atoms with E-state index in [-0.39, 0.29) is 40.4 Å². The van der Waals surface area contributed by atoms with Gasteiger partial charge in [0.1, 0.15) is 0 Å². The fraction of sp³-hybridized carbons (Fsp3) is 0. The van der Waals surface area contributed by atoms with Crippen molar-refractivity contribution >= 4 is 40.4 Å². The predicted octanol–water partition coefficient (Wildman–Crippen LogP) is -2.43. The van der Waals surface area contributed by atoms with E-state index in [1.165, 1.54) is 0 Å². The Hall–Kier alpha value is 0.459. The second kappa shape index (κ2) is 9.68. The van der Waals surface area contributed by atoms with Crippen LogP contribution >= 0.6 is 0 Å². The van der Waals surface area contributed by atoms with E-state index in [2.05, 4.69) is 4.99 Å². The predicted molar refractivity (Wildman–Crippen MR) is 29.2 cm³/mol. The molecule has 0 atom stereocenters. The third-order valence-corrected chi connectivity index (χ3v) is 0.0667. The Bertz CT molecular complexity index is 47.0. The third-order valence-electron chi connectivity index (χ3n) is 0.0667. The molecule has 1 N–H and O–H groups in total. The standard InChI is InChI=1S/Al.Mg.HNO4.5H/c;;2-1(3)5-4;;;;;/h;;4H;;;;;. The van der Waals surface area contributed by atoms with Gasteiger partial charge < -0.3 is 0 Å². The molecule has 0 bridgehead atoms. The maximum Gasteiger partial charge on any atom is 0.322 e. The van der Waals surface area contributed by atoms with Crippen molar-refractivity contribution in [3.05, 3.63) is 10.1 Å². The summed E-state index contributed by atoms with van der Waals surface area (Å²) in [5.74, 6) is 0. The molecule has 7 heteroatoms. The van der Waals surface area contributed by atoms with Gasteiger partial charge in [-0.2, -0.15) is 0 Å². The van der Waals surface area contributed by atoms with Crippen molar-refractivity contribution in [2.75, 3.05) is 0 Å². The summed E-state index contributed by atoms with van der Waals surface area (Å²) in [6.07, 6.45) is 0. The minimum absolute atomic E-state index is 0. The molecule has 0 saturated heterocycles. The summed E-state index contributed by atoms with van der Waals surface area (Å²) >= 11 is 0. The first-order chi connectivity index (χ1) is 2.27. The van der Waals surface area contributed by atoms with Gasteiger partial charge in [-0.15, -0.1) is 15.1 Å². The first-order valence-electron chi connectivity index (χ1n) is 0.730. The fourth-order valence-electron chi connectivity index (χ4n) is 0. The van der Waals surface area contributed by atoms with Crippen LogP contribution in [0.1, 0.15) is 0 Å². The molecule has 0 aromatic heterocycles. The summed E-state index contributed by atoms with van der Waals surface area (Å²) in [5, 5.41) is 14.3. The van der Waals surface area contributed by atoms with E-state index in [1.807, 2.05) is 0 Å². The van der Waals surface area contributed by atoms with Crippen LogP contribution in [0.4, 0.5) is 0 Å². The Balaban J connectivity index is -0.0000000800. The molecule has 0 fully saturated rings. The molecule has 0 spiro atoms. The van der Waals surface area contributed by atoms with Gasteiger partial charge in [-0.25, -0.2) is 5.26 Å². The molecule has 0 radical (unpaired) electrons. The Morgan fingerprint density at radius 1 is 1.71 bits per heavy atom. The van der Waals surface area contributed by atoms with Gasteiger partial charge in [-0.3, -0.25) is 0 Å². The summed E-state index contributed by atoms with van der Waals surface area (Å²) in [5.41, 5.74) is 0. The van der Waals surface area contributed by atoms with Gasteiger partial charge in [-0.05, 0) is 0 Å². The van der Waals surface area contributed by atoms with Gasteiger partial charge in [0.25, 0.3) is 0 Å². The Labute approximate surface area is 66.0 Å². The van der Waals surface area contributed by atoms with Crippen molar-refractivity contribution in [3.8, 4) is 0 Å². The highest BCUT2D eigenvalue weighted by Gasteiger charge is 1.80. The van der Waals surface area contributed by atoms with Crippen molar-refractivity contribution < 1.29 is 15.3 Å². The van der Waals surface area contributed by atoms with E-state index < -0.39 is 5.09 Å². The lowest BCUT2D eigenvalue weighted by Gasteiger charge is -1.72. The summed E-state index contributed by atoms with van der Waals surface area (Å²) in [4.78, 5) is 11.2. The Morgan fingerprint density at radius 2 is 1.86 bits per heavy atom. The lowest BCUT2D eigenvalue weighted by molar-refractivity contribution is -0.846. The Morgan fingerprint density at radius 3 is 1.86 bits per heavy atom. The van der Waals surface area contributed by atoms with Crippen LogP contribution < -0.4 is 0 Å². The van der Waals surface area contributed by atoms with Crippen molar-refractivity contribution in [3.63, 3.8) is 0 Å². The van der Waals surface area contributed by atoms with E-state index in [0.717, 1.165) is 0 Å². The number of hydrogen-bond donors (Lipinski definition) is 1. The smallest absolute Gasteiger partial charge is 0.214 e. The van der Waals surface area contributed by atoms with Gasteiger partial charge >= 0.3 is 28.1 Å². The lowest BCUT2D eigenvalue weighted by Crippen LogP contribution is -1.92. The maximum atomic E-state index is 8.70. The molecule has 0 aromatic carbocycles. The summed E-state index contributed by atoms with van der Waals surface area (Å²) in [7, 11) is 0. The number of nitrogens with zero attached hydrogens (tertiary/aromatic N) is 1. The molecule has 0 amide bonds. The zero-order valence-electron chi connectivity index (χ0n) is 2.12. The van der Waals surface area contributed by atoms with E-state index in [1.54, 1.807) is 0 Å². The molecule has 0 heterocycles. The number of hydrogen-bond acceptors (Lipinski definition) is 4. The molecule has 0 saturated carbocycles. The highest BCUT2D eigenvalue weighted by Crippen LogP contribution is 1.56. The molecule has 0 aliphatic heterocycles. The zero-order chi connectivity index (χ0) is 4.28. The quantitative estimate of drug-likeness (QED) is 0.188. The second-order valence-electron chi connectivity index (χ2n) is 0.305. The van der Waals surface area contributed by atoms with Crippen LogP contribution in [0.25, 0.3) is 0 Å². The van der Waals surface area contributed by atoms with Crippen LogP contribution in [-0.4, -0.2) is 50.8 Å². The van der Waals surface area contributed by atoms with Crippen LogP contribution in [0.2, 0.25) is 0 Å². The molecule has 0 rings (SSSR count). The van der Waals surface area contributed by atoms with Crippen LogP contribution in [0.3, 0.4) is 0 Å². The van der Waals surface area contributed by atoms with Gasteiger partial charge in [-0.1, -0.05) is 0 Å². The monoisotopic (exact) mass is 135 g/mol. The maximum absolute atomic E-state index is 8.70. The highest BCUT2D eigenvalue weighted by molar-refractivity contribution is 5.76. The second-order valence-corrected chi connectivity index (χ2v) is 0.305. The van der Waals surface area contributed by atoms with E-state index in [9.17, 15) is 0 Å². The van der Waals surface area contributed by atoms with Crippen LogP contribution in [0, 0.1) is 10.1 Å². The first kappa shape index (κ1) is 15.7. The third kappa shape index (κ3) is 21.2. The fourth-order valence-corrected chi connectivity index (χ4v) is 0. The number of rotatable bonds is 1. The lowest BCUT2D eigenvalue weighted by atomic mass is 13.1. The summed E-state index contributed by atoms with van der Waals surface area (Å²) in [6.45, 7) is 0. The summed E-state index contributed by atoms with van der Waals surface area (Å²) in [6, 6.07) is 0. The van der Waals surface area contributed by atoms with E-state index in [0.29, 0.717) is 0 Å². The largest absolute Gasteiger partial charge is 0.322 e. The average Bonchev–Trinajstić information content (AvgIpc) is 1.38. The molecule has 0 unspecified atom stereocenters. The van der Waals surface area contributed by atoms with Crippen molar-refractivity contribution in [1.29, 1.82) is 0 Å². The van der Waals surface area contributed by atoms with Crippen LogP contribution in [0.15, 0.2) is 0 Å². The van der Waals surface area contributed by atoms with Gasteiger partial charge in [0, 0.05) is 0 Å². The van der Waals surface area contributed by atoms with Crippen molar-refractivity contribution in [2.24, 2.45) is 0 Å². The average molecular weight is 135 g/mol. The van der Waals surface area contributed by atoms with Crippen molar-refractivity contribution in [2.45, 2.75) is 0 Å². The molecule has 40 valence electrons. The van der Waals surface area contributed by atoms with Crippen LogP contribution in [0.5, 0.6) is 0 Å². The van der Waals surface area contributed by atoms with Gasteiger partial charge in [0.2, 0.25) is 0 Å². The van der Waals surface area contributed by atoms with Crippen LogP contribution in [-0.2, 0) is 4.99 Å². The topological polar surface area (TPSA) is 72.6 Å². The normalized spacial score (nSPS) is 4.71. The highest BCUT2D eigenvalue weighted by atomic mass is 27.0. The minimum atomic E-state index is -1.32. The van der Waals surface area contributed by atoms with Gasteiger partial charge in [0.05, 0.1) is 0 Å². The Kier molecular flexibility index (Phi) is 21.6. The van der Waals surface area contributed by atoms with Crippen molar-refractivity contribution in [1.82, 2.24) is 0 Å². The molecule has 0 aromatic rings. The minimum Gasteiger partial charge on any atom is -0.214 e. The molecule has 7 heavy (non-hydrogen) atoms. The molecular weight excluding hydrogens is 129 g/mol.